The van der Waals surface area contributed by atoms with Gasteiger partial charge in [-0.2, -0.15) is 0 Å². The summed E-state index contributed by atoms with van der Waals surface area (Å²) in [5, 5.41) is 2.41. The molecule has 7 rings (SSSR count). The van der Waals surface area contributed by atoms with Crippen LogP contribution in [0.15, 0.2) is 170 Å². The number of nitrogens with zero attached hydrogens (tertiary/aromatic N) is 2. The van der Waals surface area contributed by atoms with Gasteiger partial charge in [-0.1, -0.05) is 121 Å². The molecule has 3 nitrogen and oxygen atoms in total. The maximum atomic E-state index is 14.6. The molecule has 0 aliphatic carbocycles. The molecule has 0 saturated heterocycles. The third-order valence-corrected chi connectivity index (χ3v) is 10.3. The van der Waals surface area contributed by atoms with Crippen molar-refractivity contribution in [1.82, 2.24) is 9.97 Å². The minimum Gasteiger partial charge on any atom is -0.310 e. The molecular weight excluding hydrogens is 760 g/mol. The van der Waals surface area contributed by atoms with Crippen LogP contribution >= 0.6 is 7.14 Å². The Morgan fingerprint density at radius 3 is 1.83 bits per heavy atom. The Morgan fingerprint density at radius 1 is 0.565 bits per heavy atom. The zero-order valence-electron chi connectivity index (χ0n) is 27.7. The molecule has 0 aliphatic heterocycles. The Labute approximate surface area is 289 Å². The van der Waals surface area contributed by atoms with E-state index in [0.29, 0.717) is 5.69 Å². The first-order valence-electron chi connectivity index (χ1n) is 16.0. The van der Waals surface area contributed by atoms with E-state index in [2.05, 4.69) is 40.3 Å². The van der Waals surface area contributed by atoms with Crippen LogP contribution in [-0.4, -0.2) is 9.97 Å². The molecule has 0 N–H and O–H groups in total. The summed E-state index contributed by atoms with van der Waals surface area (Å²) in [6.07, 6.45) is 1.87. The molecule has 0 atom stereocenters. The smallest absolute Gasteiger partial charge is 0.153 e. The normalized spacial score (nSPS) is 11.9. The number of pyridine rings is 2. The van der Waals surface area contributed by atoms with Gasteiger partial charge in [-0.05, 0) is 35.4 Å². The molecule has 46 heavy (non-hydrogen) atoms. The first-order valence-corrected chi connectivity index (χ1v) is 16.2. The molecule has 7 aromatic rings. The van der Waals surface area contributed by atoms with Crippen molar-refractivity contribution in [3.8, 4) is 33.6 Å². The van der Waals surface area contributed by atoms with Crippen LogP contribution in [0.3, 0.4) is 0 Å². The van der Waals surface area contributed by atoms with E-state index in [1.807, 2.05) is 128 Å². The number of rotatable bonds is 6. The molecule has 2 aromatic heterocycles. The Bertz CT molecular complexity index is 2090. The molecule has 0 aliphatic rings. The summed E-state index contributed by atoms with van der Waals surface area (Å²) < 4.78 is 36.5. The van der Waals surface area contributed by atoms with Crippen LogP contribution < -0.4 is 15.9 Å². The van der Waals surface area contributed by atoms with Crippen molar-refractivity contribution in [2.24, 2.45) is 0 Å². The fraction of sp³-hybridized carbons (Fsp3) is 0.0244. The van der Waals surface area contributed by atoms with Gasteiger partial charge in [0.1, 0.15) is 0 Å². The number of hydrogen-bond donors (Lipinski definition) is 0. The molecule has 5 heteroatoms. The molecule has 0 fully saturated rings. The maximum absolute atomic E-state index is 14.6. The van der Waals surface area contributed by atoms with Crippen LogP contribution in [0.4, 0.5) is 0 Å². The first-order chi connectivity index (χ1) is 23.3. The molecule has 0 unspecified atom stereocenters. The molecule has 0 spiro atoms. The van der Waals surface area contributed by atoms with Crippen molar-refractivity contribution in [3.05, 3.63) is 188 Å². The minimum atomic E-state index is -3.03. The largest absolute Gasteiger partial charge is 0.310 e. The van der Waals surface area contributed by atoms with Crippen LogP contribution in [-0.2, 0) is 24.7 Å². The Kier molecular flexibility index (Phi) is 9.69. The Morgan fingerprint density at radius 2 is 1.22 bits per heavy atom. The van der Waals surface area contributed by atoms with E-state index < -0.39 is 14.0 Å². The van der Waals surface area contributed by atoms with E-state index in [9.17, 15) is 4.57 Å². The van der Waals surface area contributed by atoms with Crippen molar-refractivity contribution < 1.29 is 28.8 Å². The van der Waals surface area contributed by atoms with Gasteiger partial charge in [0, 0.05) is 46.7 Å². The van der Waals surface area contributed by atoms with E-state index in [-0.39, 0.29) is 25.8 Å². The summed E-state index contributed by atoms with van der Waals surface area (Å²) in [6.45, 7) is -2.16. The van der Waals surface area contributed by atoms with E-state index in [1.54, 1.807) is 18.2 Å². The zero-order chi connectivity index (χ0) is 33.4. The van der Waals surface area contributed by atoms with Gasteiger partial charge in [-0.25, -0.2) is 0 Å². The maximum Gasteiger partial charge on any atom is 0.153 e. The number of aryl methyl sites for hydroxylation is 1. The van der Waals surface area contributed by atoms with Crippen LogP contribution in [0.2, 0.25) is 0 Å². The van der Waals surface area contributed by atoms with Gasteiger partial charge >= 0.3 is 0 Å². The summed E-state index contributed by atoms with van der Waals surface area (Å²) >= 11 is 0. The summed E-state index contributed by atoms with van der Waals surface area (Å²) in [6, 6.07) is 58.0. The van der Waals surface area contributed by atoms with Gasteiger partial charge in [0.25, 0.3) is 0 Å². The average molecular weight is 794 g/mol. The van der Waals surface area contributed by atoms with Crippen molar-refractivity contribution >= 4 is 23.1 Å². The Hall–Kier alpha value is -4.72. The van der Waals surface area contributed by atoms with Gasteiger partial charge < -0.3 is 14.5 Å². The molecule has 1 radical (unpaired) electrons. The summed E-state index contributed by atoms with van der Waals surface area (Å²) in [7, 11) is -3.03. The fourth-order valence-electron chi connectivity index (χ4n) is 5.01. The second-order valence-electron chi connectivity index (χ2n) is 10.2. The predicted molar refractivity (Wildman–Crippen MR) is 187 cm³/mol. The molecule has 0 saturated carbocycles. The van der Waals surface area contributed by atoms with Gasteiger partial charge in [-0.3, -0.25) is 0 Å². The first kappa shape index (κ1) is 28.7. The summed E-state index contributed by atoms with van der Waals surface area (Å²) in [5.41, 5.74) is 5.37. The topological polar surface area (TPSA) is 42.9 Å². The van der Waals surface area contributed by atoms with Crippen LogP contribution in [0.1, 0.15) is 9.81 Å². The van der Waals surface area contributed by atoms with Crippen LogP contribution in [0.5, 0.6) is 0 Å². The van der Waals surface area contributed by atoms with E-state index in [0.717, 1.165) is 43.9 Å². The van der Waals surface area contributed by atoms with Crippen molar-refractivity contribution in [2.75, 3.05) is 0 Å². The third-order valence-electron chi connectivity index (χ3n) is 7.27. The van der Waals surface area contributed by atoms with Gasteiger partial charge in [0.15, 0.2) is 7.14 Å². The standard InChI is InChI=1S/C29H21NOP.C12H10N.Ir/c31-32(26-14-6-2-7-15-26,27-16-8-3-9-17-27)28-18-10-13-24(21-28)29-20-19-25(22-30-29)23-11-4-1-5-12-23;1-10-6-5-9-12(13-10)11-7-3-2-4-8-11;/h1-12,14-22H;2-7,9H,1H3;/q2*-1;/i;1D3;. The SMILES string of the molecule is O=P(c1ccccc1)(c1ccccc1)c1cc[c-]c(-c2ccc(-c3ccccc3)cn2)c1.[2H]C([2H])([2H])c1cccc(-c2[c-]cccc2)n1.[Ir]. The van der Waals surface area contributed by atoms with Gasteiger partial charge in [0.05, 0.1) is 0 Å². The van der Waals surface area contributed by atoms with Crippen molar-refractivity contribution in [3.63, 3.8) is 0 Å². The molecule has 0 amide bonds. The quantitative estimate of drug-likeness (QED) is 0.125. The number of aromatic nitrogens is 2. The second kappa shape index (κ2) is 15.5. The van der Waals surface area contributed by atoms with E-state index >= 15 is 0 Å². The monoisotopic (exact) mass is 794 g/mol. The van der Waals surface area contributed by atoms with Crippen LogP contribution in [0.25, 0.3) is 33.6 Å². The molecule has 227 valence electrons. The molecular formula is C41H31IrN2OP-2. The van der Waals surface area contributed by atoms with E-state index in [1.165, 1.54) is 6.07 Å². The minimum absolute atomic E-state index is 0. The van der Waals surface area contributed by atoms with Crippen molar-refractivity contribution in [2.45, 2.75) is 6.85 Å². The third kappa shape index (κ3) is 7.56. The fourth-order valence-corrected chi connectivity index (χ4v) is 7.69. The van der Waals surface area contributed by atoms with Crippen LogP contribution in [0, 0.1) is 19.0 Å². The van der Waals surface area contributed by atoms with Gasteiger partial charge in [0.2, 0.25) is 0 Å². The van der Waals surface area contributed by atoms with Gasteiger partial charge in [-0.15, -0.1) is 65.7 Å². The molecule has 2 heterocycles. The number of hydrogen-bond acceptors (Lipinski definition) is 3. The van der Waals surface area contributed by atoms with E-state index in [4.69, 9.17) is 4.11 Å². The molecule has 5 aromatic carbocycles. The molecule has 0 bridgehead atoms. The number of benzene rings is 5. The zero-order valence-corrected chi connectivity index (χ0v) is 28.0. The summed E-state index contributed by atoms with van der Waals surface area (Å²) in [4.78, 5) is 8.79. The van der Waals surface area contributed by atoms with Crippen molar-refractivity contribution in [1.29, 1.82) is 0 Å². The second-order valence-corrected chi connectivity index (χ2v) is 13.0. The predicted octanol–water partition coefficient (Wildman–Crippen LogP) is 8.71. The Balaban J connectivity index is 0.000000233. The summed E-state index contributed by atoms with van der Waals surface area (Å²) in [5.74, 6) is 0. The average Bonchev–Trinajstić information content (AvgIpc) is 3.16.